The van der Waals surface area contributed by atoms with Crippen LogP contribution in [0.25, 0.3) is 0 Å². The second-order valence-electron chi connectivity index (χ2n) is 3.97. The topological polar surface area (TPSA) is 32.3 Å². The quantitative estimate of drug-likeness (QED) is 0.609. The molecule has 0 spiro atoms. The van der Waals surface area contributed by atoms with E-state index in [0.29, 0.717) is 6.04 Å². The Bertz CT molecular complexity index is 243. The molecule has 0 radical (unpaired) electrons. The van der Waals surface area contributed by atoms with E-state index in [4.69, 9.17) is 0 Å². The molecule has 72 valence electrons. The fraction of sp³-hybridized carbons (Fsp3) is 0.700. The predicted octanol–water partition coefficient (Wildman–Crippen LogP) is 1.51. The Labute approximate surface area is 78.8 Å². The molecule has 3 nitrogen and oxygen atoms in total. The highest BCUT2D eigenvalue weighted by Crippen LogP contribution is 2.19. The van der Waals surface area contributed by atoms with Crippen molar-refractivity contribution >= 4 is 6.03 Å². The lowest BCUT2D eigenvalue weighted by molar-refractivity contribution is 0.201. The van der Waals surface area contributed by atoms with Gasteiger partial charge in [0.05, 0.1) is 0 Å². The van der Waals surface area contributed by atoms with Gasteiger partial charge in [0.25, 0.3) is 0 Å². The van der Waals surface area contributed by atoms with Gasteiger partial charge in [0.1, 0.15) is 0 Å². The third kappa shape index (κ3) is 2.23. The van der Waals surface area contributed by atoms with E-state index in [1.165, 1.54) is 5.57 Å². The third-order valence-electron chi connectivity index (χ3n) is 2.63. The lowest BCUT2D eigenvalue weighted by atomic mass is 10.1. The molecule has 2 aliphatic rings. The molecule has 1 heterocycles. The van der Waals surface area contributed by atoms with Gasteiger partial charge in [-0.05, 0) is 26.2 Å². The Morgan fingerprint density at radius 1 is 1.62 bits per heavy atom. The maximum absolute atomic E-state index is 11.5. The minimum Gasteiger partial charge on any atom is -0.335 e. The van der Waals surface area contributed by atoms with Crippen LogP contribution < -0.4 is 5.32 Å². The first-order chi connectivity index (χ1) is 6.25. The van der Waals surface area contributed by atoms with E-state index < -0.39 is 0 Å². The van der Waals surface area contributed by atoms with E-state index in [0.717, 1.165) is 32.4 Å². The number of hydrogen-bond acceptors (Lipinski definition) is 1. The van der Waals surface area contributed by atoms with Crippen LogP contribution in [0.4, 0.5) is 4.79 Å². The van der Waals surface area contributed by atoms with Gasteiger partial charge in [0.2, 0.25) is 0 Å². The minimum absolute atomic E-state index is 0.117. The van der Waals surface area contributed by atoms with Crippen molar-refractivity contribution in [1.29, 1.82) is 0 Å². The van der Waals surface area contributed by atoms with Gasteiger partial charge < -0.3 is 10.2 Å². The number of nitrogens with one attached hydrogen (secondary N) is 1. The number of carbonyl (C=O) groups is 1. The van der Waals surface area contributed by atoms with Gasteiger partial charge in [0.15, 0.2) is 0 Å². The van der Waals surface area contributed by atoms with Gasteiger partial charge >= 0.3 is 6.03 Å². The van der Waals surface area contributed by atoms with Crippen LogP contribution in [0, 0.1) is 0 Å². The second kappa shape index (κ2) is 3.40. The minimum atomic E-state index is 0.117. The Hall–Kier alpha value is -0.990. The van der Waals surface area contributed by atoms with Crippen LogP contribution in [0.3, 0.4) is 0 Å². The average molecular weight is 180 g/mol. The van der Waals surface area contributed by atoms with E-state index in [2.05, 4.69) is 18.3 Å². The zero-order chi connectivity index (χ0) is 9.26. The van der Waals surface area contributed by atoms with Crippen LogP contribution in [0.15, 0.2) is 11.6 Å². The van der Waals surface area contributed by atoms with Crippen molar-refractivity contribution in [3.05, 3.63) is 11.6 Å². The molecule has 0 saturated heterocycles. The van der Waals surface area contributed by atoms with E-state index in [1.807, 2.05) is 4.90 Å². The predicted molar refractivity (Wildman–Crippen MR) is 51.5 cm³/mol. The molecule has 1 aliphatic heterocycles. The molecule has 1 N–H and O–H groups in total. The summed E-state index contributed by atoms with van der Waals surface area (Å²) >= 11 is 0. The maximum Gasteiger partial charge on any atom is 0.317 e. The molecule has 0 bridgehead atoms. The summed E-state index contributed by atoms with van der Waals surface area (Å²) in [5.41, 5.74) is 1.40. The highest BCUT2D eigenvalue weighted by atomic mass is 16.2. The molecule has 1 aliphatic carbocycles. The van der Waals surface area contributed by atoms with E-state index in [1.54, 1.807) is 0 Å². The maximum atomic E-state index is 11.5. The van der Waals surface area contributed by atoms with E-state index in [9.17, 15) is 4.79 Å². The van der Waals surface area contributed by atoms with Gasteiger partial charge in [-0.2, -0.15) is 0 Å². The lowest BCUT2D eigenvalue weighted by Gasteiger charge is -2.25. The number of carbonyl (C=O) groups excluding carboxylic acids is 1. The van der Waals surface area contributed by atoms with Crippen molar-refractivity contribution in [3.8, 4) is 0 Å². The van der Waals surface area contributed by atoms with Crippen molar-refractivity contribution in [3.63, 3.8) is 0 Å². The average Bonchev–Trinajstić information content (AvgIpc) is 2.89. The van der Waals surface area contributed by atoms with Gasteiger partial charge in [-0.3, -0.25) is 0 Å². The standard InChI is InChI=1S/C10H16N2O/c1-8-4-6-12(7-5-8)10(13)11-9-2-3-9/h4,9H,2-3,5-7H2,1H3,(H,11,13). The molecule has 0 aromatic heterocycles. The molecule has 3 heteroatoms. The summed E-state index contributed by atoms with van der Waals surface area (Å²) in [6.07, 6.45) is 5.48. The fourth-order valence-electron chi connectivity index (χ4n) is 1.45. The van der Waals surface area contributed by atoms with Gasteiger partial charge in [-0.25, -0.2) is 4.79 Å². The number of hydrogen-bond donors (Lipinski definition) is 1. The summed E-state index contributed by atoms with van der Waals surface area (Å²) in [6.45, 7) is 3.78. The summed E-state index contributed by atoms with van der Waals surface area (Å²) in [7, 11) is 0. The zero-order valence-electron chi connectivity index (χ0n) is 8.05. The van der Waals surface area contributed by atoms with Crippen LogP contribution in [0.1, 0.15) is 26.2 Å². The molecule has 1 saturated carbocycles. The molecule has 0 atom stereocenters. The summed E-state index contributed by atoms with van der Waals surface area (Å²) in [6, 6.07) is 0.589. The van der Waals surface area contributed by atoms with E-state index in [-0.39, 0.29) is 6.03 Å². The van der Waals surface area contributed by atoms with Crippen LogP contribution >= 0.6 is 0 Å². The number of amides is 2. The normalized spacial score (nSPS) is 22.5. The Balaban J connectivity index is 1.83. The van der Waals surface area contributed by atoms with Gasteiger partial charge in [0, 0.05) is 19.1 Å². The zero-order valence-corrected chi connectivity index (χ0v) is 8.05. The first-order valence-corrected chi connectivity index (χ1v) is 4.97. The first-order valence-electron chi connectivity index (χ1n) is 4.97. The molecule has 2 rings (SSSR count). The molecule has 2 amide bonds. The van der Waals surface area contributed by atoms with Crippen LogP contribution in [-0.4, -0.2) is 30.1 Å². The van der Waals surface area contributed by atoms with Crippen LogP contribution in [-0.2, 0) is 0 Å². The van der Waals surface area contributed by atoms with E-state index >= 15 is 0 Å². The largest absolute Gasteiger partial charge is 0.335 e. The summed E-state index contributed by atoms with van der Waals surface area (Å²) in [4.78, 5) is 13.4. The van der Waals surface area contributed by atoms with Crippen molar-refractivity contribution in [1.82, 2.24) is 10.2 Å². The highest BCUT2D eigenvalue weighted by Gasteiger charge is 2.25. The third-order valence-corrected chi connectivity index (χ3v) is 2.63. The first kappa shape index (κ1) is 8.60. The lowest BCUT2D eigenvalue weighted by Crippen LogP contribution is -2.42. The molecular formula is C10H16N2O. The second-order valence-corrected chi connectivity index (χ2v) is 3.97. The Kier molecular flexibility index (Phi) is 2.25. The van der Waals surface area contributed by atoms with Crippen molar-refractivity contribution in [2.45, 2.75) is 32.2 Å². The van der Waals surface area contributed by atoms with Crippen LogP contribution in [0.2, 0.25) is 0 Å². The highest BCUT2D eigenvalue weighted by molar-refractivity contribution is 5.75. The fourth-order valence-corrected chi connectivity index (χ4v) is 1.45. The molecule has 0 aromatic rings. The number of rotatable bonds is 1. The summed E-state index contributed by atoms with van der Waals surface area (Å²) in [5.74, 6) is 0. The Morgan fingerprint density at radius 2 is 2.38 bits per heavy atom. The molecule has 13 heavy (non-hydrogen) atoms. The smallest absolute Gasteiger partial charge is 0.317 e. The summed E-state index contributed by atoms with van der Waals surface area (Å²) in [5, 5.41) is 3.00. The van der Waals surface area contributed by atoms with Crippen molar-refractivity contribution in [2.75, 3.05) is 13.1 Å². The molecular weight excluding hydrogens is 164 g/mol. The monoisotopic (exact) mass is 180 g/mol. The summed E-state index contributed by atoms with van der Waals surface area (Å²) < 4.78 is 0. The van der Waals surface area contributed by atoms with Gasteiger partial charge in [-0.15, -0.1) is 0 Å². The molecule has 1 fully saturated rings. The SMILES string of the molecule is CC1=CCN(C(=O)NC2CC2)CC1. The van der Waals surface area contributed by atoms with Crippen LogP contribution in [0.5, 0.6) is 0 Å². The number of nitrogens with zero attached hydrogens (tertiary/aromatic N) is 1. The Morgan fingerprint density at radius 3 is 2.92 bits per heavy atom. The molecule has 0 unspecified atom stereocenters. The number of urea groups is 1. The van der Waals surface area contributed by atoms with Crippen molar-refractivity contribution in [2.24, 2.45) is 0 Å². The van der Waals surface area contributed by atoms with Gasteiger partial charge in [-0.1, -0.05) is 11.6 Å². The van der Waals surface area contributed by atoms with Crippen molar-refractivity contribution < 1.29 is 4.79 Å². The molecule has 0 aromatic carbocycles.